The number of hydrogen-bond donors (Lipinski definition) is 1. The Hall–Kier alpha value is -1.32. The maximum Gasteiger partial charge on any atom is 0.118 e. The van der Waals surface area contributed by atoms with Gasteiger partial charge in [-0.15, -0.1) is 0 Å². The van der Waals surface area contributed by atoms with E-state index < -0.39 is 5.60 Å². The highest BCUT2D eigenvalue weighted by atomic mass is 79.9. The van der Waals surface area contributed by atoms with E-state index in [9.17, 15) is 5.11 Å². The molecule has 1 N–H and O–H groups in total. The van der Waals surface area contributed by atoms with E-state index in [4.69, 9.17) is 4.74 Å². The summed E-state index contributed by atoms with van der Waals surface area (Å²) in [4.78, 5) is 0. The molecule has 18 heavy (non-hydrogen) atoms. The minimum atomic E-state index is -1.01. The maximum atomic E-state index is 10.7. The van der Waals surface area contributed by atoms with Crippen LogP contribution < -0.4 is 4.74 Å². The number of ether oxygens (including phenoxy) is 1. The van der Waals surface area contributed by atoms with Crippen molar-refractivity contribution in [3.05, 3.63) is 64.1 Å². The molecule has 0 fully saturated rings. The van der Waals surface area contributed by atoms with Gasteiger partial charge in [0.15, 0.2) is 0 Å². The molecule has 0 saturated heterocycles. The number of rotatable bonds is 3. The van der Waals surface area contributed by atoms with Crippen molar-refractivity contribution in [3.8, 4) is 5.75 Å². The van der Waals surface area contributed by atoms with Crippen LogP contribution in [0.2, 0.25) is 0 Å². The van der Waals surface area contributed by atoms with Gasteiger partial charge in [-0.25, -0.2) is 0 Å². The molecule has 0 radical (unpaired) electrons. The van der Waals surface area contributed by atoms with Crippen molar-refractivity contribution < 1.29 is 9.84 Å². The zero-order valence-corrected chi connectivity index (χ0v) is 11.9. The Kier molecular flexibility index (Phi) is 3.73. The predicted octanol–water partition coefficient (Wildman–Crippen LogP) is 3.71. The molecule has 3 heteroatoms. The van der Waals surface area contributed by atoms with E-state index in [-0.39, 0.29) is 0 Å². The Bertz CT molecular complexity index is 515. The van der Waals surface area contributed by atoms with E-state index in [1.807, 2.05) is 48.5 Å². The van der Waals surface area contributed by atoms with Crippen molar-refractivity contribution in [2.45, 2.75) is 12.5 Å². The normalized spacial score (nSPS) is 14.0. The lowest BCUT2D eigenvalue weighted by Crippen LogP contribution is -2.22. The van der Waals surface area contributed by atoms with Gasteiger partial charge in [0, 0.05) is 4.47 Å². The molecular formula is C15H15BrO2. The Balaban J connectivity index is 2.37. The highest BCUT2D eigenvalue weighted by Crippen LogP contribution is 2.30. The SMILES string of the molecule is COc1ccc([C@](C)(O)c2ccc(Br)cc2)cc1. The Labute approximate surface area is 115 Å². The monoisotopic (exact) mass is 306 g/mol. The van der Waals surface area contributed by atoms with Crippen LogP contribution in [0, 0.1) is 0 Å². The molecule has 0 bridgehead atoms. The van der Waals surface area contributed by atoms with E-state index in [0.29, 0.717) is 0 Å². The third kappa shape index (κ3) is 2.57. The smallest absolute Gasteiger partial charge is 0.118 e. The first-order valence-electron chi connectivity index (χ1n) is 5.67. The lowest BCUT2D eigenvalue weighted by atomic mass is 9.88. The number of methoxy groups -OCH3 is 1. The quantitative estimate of drug-likeness (QED) is 0.936. The third-order valence-corrected chi connectivity index (χ3v) is 3.59. The fourth-order valence-corrected chi connectivity index (χ4v) is 2.12. The molecule has 0 aliphatic heterocycles. The molecular weight excluding hydrogens is 292 g/mol. The highest BCUT2D eigenvalue weighted by molar-refractivity contribution is 9.10. The maximum absolute atomic E-state index is 10.7. The standard InChI is InChI=1S/C15H15BrO2/c1-15(17,11-3-7-13(16)8-4-11)12-5-9-14(18-2)10-6-12/h3-10,17H,1-2H3/t15-/m1/s1. The van der Waals surface area contributed by atoms with Crippen LogP contribution in [0.1, 0.15) is 18.1 Å². The van der Waals surface area contributed by atoms with Gasteiger partial charge in [-0.2, -0.15) is 0 Å². The molecule has 0 amide bonds. The minimum Gasteiger partial charge on any atom is -0.497 e. The Morgan fingerprint density at radius 2 is 1.39 bits per heavy atom. The summed E-state index contributed by atoms with van der Waals surface area (Å²) in [7, 11) is 1.63. The molecule has 0 heterocycles. The lowest BCUT2D eigenvalue weighted by Gasteiger charge is -2.24. The summed E-state index contributed by atoms with van der Waals surface area (Å²) in [5.74, 6) is 0.783. The first-order valence-corrected chi connectivity index (χ1v) is 6.46. The van der Waals surface area contributed by atoms with Gasteiger partial charge in [-0.05, 0) is 42.3 Å². The molecule has 2 aromatic rings. The van der Waals surface area contributed by atoms with Gasteiger partial charge in [0.1, 0.15) is 11.4 Å². The van der Waals surface area contributed by atoms with Gasteiger partial charge in [0.25, 0.3) is 0 Å². The lowest BCUT2D eigenvalue weighted by molar-refractivity contribution is 0.102. The summed E-state index contributed by atoms with van der Waals surface area (Å²) in [5.41, 5.74) is 0.689. The van der Waals surface area contributed by atoms with E-state index in [0.717, 1.165) is 21.3 Å². The van der Waals surface area contributed by atoms with Crippen molar-refractivity contribution in [1.29, 1.82) is 0 Å². The largest absolute Gasteiger partial charge is 0.497 e. The van der Waals surface area contributed by atoms with E-state index >= 15 is 0 Å². The average Bonchev–Trinajstić information content (AvgIpc) is 2.39. The van der Waals surface area contributed by atoms with Crippen LogP contribution in [0.25, 0.3) is 0 Å². The molecule has 0 unspecified atom stereocenters. The van der Waals surface area contributed by atoms with Crippen LogP contribution in [0.15, 0.2) is 53.0 Å². The average molecular weight is 307 g/mol. The third-order valence-electron chi connectivity index (χ3n) is 3.06. The van der Waals surface area contributed by atoms with Crippen LogP contribution >= 0.6 is 15.9 Å². The molecule has 0 saturated carbocycles. The van der Waals surface area contributed by atoms with Crippen LogP contribution in [0.3, 0.4) is 0 Å². The van der Waals surface area contributed by atoms with Crippen molar-refractivity contribution in [2.75, 3.05) is 7.11 Å². The Morgan fingerprint density at radius 3 is 1.83 bits per heavy atom. The zero-order chi connectivity index (χ0) is 13.2. The van der Waals surface area contributed by atoms with Gasteiger partial charge in [-0.3, -0.25) is 0 Å². The topological polar surface area (TPSA) is 29.5 Å². The molecule has 94 valence electrons. The second-order valence-electron chi connectivity index (χ2n) is 4.31. The van der Waals surface area contributed by atoms with Gasteiger partial charge in [0.2, 0.25) is 0 Å². The molecule has 0 aliphatic carbocycles. The zero-order valence-electron chi connectivity index (χ0n) is 10.4. The van der Waals surface area contributed by atoms with E-state index in [1.54, 1.807) is 14.0 Å². The fraction of sp³-hybridized carbons (Fsp3) is 0.200. The molecule has 0 aliphatic rings. The van der Waals surface area contributed by atoms with Crippen LogP contribution in [-0.2, 0) is 5.60 Å². The molecule has 2 aromatic carbocycles. The number of aliphatic hydroxyl groups is 1. The fourth-order valence-electron chi connectivity index (χ4n) is 1.86. The Morgan fingerprint density at radius 1 is 0.944 bits per heavy atom. The highest BCUT2D eigenvalue weighted by Gasteiger charge is 2.25. The van der Waals surface area contributed by atoms with Crippen LogP contribution in [0.4, 0.5) is 0 Å². The van der Waals surface area contributed by atoms with Gasteiger partial charge < -0.3 is 9.84 Å². The van der Waals surface area contributed by atoms with E-state index in [1.165, 1.54) is 0 Å². The van der Waals surface area contributed by atoms with Gasteiger partial charge >= 0.3 is 0 Å². The van der Waals surface area contributed by atoms with Crippen LogP contribution in [0.5, 0.6) is 5.75 Å². The van der Waals surface area contributed by atoms with E-state index in [2.05, 4.69) is 15.9 Å². The summed E-state index contributed by atoms with van der Waals surface area (Å²) in [5, 5.41) is 10.7. The first-order chi connectivity index (χ1) is 8.54. The summed E-state index contributed by atoms with van der Waals surface area (Å²) < 4.78 is 6.11. The molecule has 2 rings (SSSR count). The predicted molar refractivity (Wildman–Crippen MR) is 75.8 cm³/mol. The molecule has 0 aromatic heterocycles. The summed E-state index contributed by atoms with van der Waals surface area (Å²) >= 11 is 3.39. The molecule has 1 atom stereocenters. The summed E-state index contributed by atoms with van der Waals surface area (Å²) in [6.07, 6.45) is 0. The van der Waals surface area contributed by atoms with Gasteiger partial charge in [0.05, 0.1) is 7.11 Å². The van der Waals surface area contributed by atoms with Crippen molar-refractivity contribution in [2.24, 2.45) is 0 Å². The summed E-state index contributed by atoms with van der Waals surface area (Å²) in [6, 6.07) is 15.1. The minimum absolute atomic E-state index is 0.783. The number of halogens is 1. The van der Waals surface area contributed by atoms with Crippen LogP contribution in [-0.4, -0.2) is 12.2 Å². The van der Waals surface area contributed by atoms with Crippen molar-refractivity contribution in [1.82, 2.24) is 0 Å². The number of benzene rings is 2. The van der Waals surface area contributed by atoms with Gasteiger partial charge in [-0.1, -0.05) is 40.2 Å². The molecule has 2 nitrogen and oxygen atoms in total. The van der Waals surface area contributed by atoms with Crippen molar-refractivity contribution >= 4 is 15.9 Å². The second-order valence-corrected chi connectivity index (χ2v) is 5.22. The second kappa shape index (κ2) is 5.12. The number of hydrogen-bond acceptors (Lipinski definition) is 2. The van der Waals surface area contributed by atoms with Crippen molar-refractivity contribution in [3.63, 3.8) is 0 Å². The first kappa shape index (κ1) is 13.1. The molecule has 0 spiro atoms. The summed E-state index contributed by atoms with van der Waals surface area (Å²) in [6.45, 7) is 1.79.